The second-order valence-electron chi connectivity index (χ2n) is 5.55. The smallest absolute Gasteiger partial charge is 0.256 e. The summed E-state index contributed by atoms with van der Waals surface area (Å²) in [5.41, 5.74) is 8.22. The summed E-state index contributed by atoms with van der Waals surface area (Å²) in [5.74, 6) is 0.0593. The molecule has 0 radical (unpaired) electrons. The maximum atomic E-state index is 12.7. The number of carbonyl (C=O) groups is 1. The van der Waals surface area contributed by atoms with E-state index in [2.05, 4.69) is 18.9 Å². The molecule has 1 fully saturated rings. The van der Waals surface area contributed by atoms with Gasteiger partial charge in [0.15, 0.2) is 0 Å². The Bertz CT molecular complexity index is 472. The molecule has 1 amide bonds. The van der Waals surface area contributed by atoms with Gasteiger partial charge in [0.25, 0.3) is 5.91 Å². The van der Waals surface area contributed by atoms with Gasteiger partial charge in [-0.2, -0.15) is 0 Å². The summed E-state index contributed by atoms with van der Waals surface area (Å²) >= 11 is 0. The van der Waals surface area contributed by atoms with E-state index in [0.717, 1.165) is 31.6 Å². The zero-order chi connectivity index (χ0) is 14.0. The fourth-order valence-corrected chi connectivity index (χ4v) is 2.68. The first kappa shape index (κ1) is 13.9. The third-order valence-corrected chi connectivity index (χ3v) is 3.75. The summed E-state index contributed by atoms with van der Waals surface area (Å²) < 4.78 is 0. The first-order chi connectivity index (χ1) is 8.99. The van der Waals surface area contributed by atoms with Crippen molar-refractivity contribution in [2.24, 2.45) is 0 Å². The standard InChI is InChI=1S/C15H23N3O/c1-11-5-6-14(16)13(9-11)15(19)18-8-4-7-17(3)10-12(18)2/h5-6,9,12H,4,7-8,10,16H2,1-3H3. The van der Waals surface area contributed by atoms with Crippen LogP contribution in [0.1, 0.15) is 29.3 Å². The minimum absolute atomic E-state index is 0.0593. The average molecular weight is 261 g/mol. The lowest BCUT2D eigenvalue weighted by atomic mass is 10.1. The lowest BCUT2D eigenvalue weighted by Crippen LogP contribution is -2.42. The molecule has 0 bridgehead atoms. The van der Waals surface area contributed by atoms with Crippen molar-refractivity contribution >= 4 is 11.6 Å². The first-order valence-electron chi connectivity index (χ1n) is 6.84. The molecule has 2 rings (SSSR count). The second kappa shape index (κ2) is 5.61. The number of nitrogens with zero attached hydrogens (tertiary/aromatic N) is 2. The number of hydrogen-bond acceptors (Lipinski definition) is 3. The van der Waals surface area contributed by atoms with Crippen LogP contribution >= 0.6 is 0 Å². The van der Waals surface area contributed by atoms with Gasteiger partial charge in [0, 0.05) is 24.8 Å². The molecule has 1 heterocycles. The van der Waals surface area contributed by atoms with Crippen LogP contribution in [0, 0.1) is 6.92 Å². The predicted octanol–water partition coefficient (Wildman–Crippen LogP) is 1.74. The molecule has 1 aromatic carbocycles. The molecular formula is C15H23N3O. The van der Waals surface area contributed by atoms with E-state index in [1.165, 1.54) is 0 Å². The number of rotatable bonds is 1. The van der Waals surface area contributed by atoms with Crippen molar-refractivity contribution in [2.75, 3.05) is 32.4 Å². The van der Waals surface area contributed by atoms with Crippen molar-refractivity contribution in [1.82, 2.24) is 9.80 Å². The number of nitrogens with two attached hydrogens (primary N) is 1. The van der Waals surface area contributed by atoms with Crippen LogP contribution in [0.3, 0.4) is 0 Å². The highest BCUT2D eigenvalue weighted by molar-refractivity contribution is 5.99. The van der Waals surface area contributed by atoms with E-state index in [0.29, 0.717) is 11.3 Å². The summed E-state index contributed by atoms with van der Waals surface area (Å²) in [6.07, 6.45) is 1.01. The molecule has 1 atom stereocenters. The third-order valence-electron chi connectivity index (χ3n) is 3.75. The zero-order valence-corrected chi connectivity index (χ0v) is 12.0. The van der Waals surface area contributed by atoms with Crippen LogP contribution in [0.2, 0.25) is 0 Å². The van der Waals surface area contributed by atoms with Gasteiger partial charge < -0.3 is 15.5 Å². The van der Waals surface area contributed by atoms with Crippen LogP contribution in [0.4, 0.5) is 5.69 Å². The van der Waals surface area contributed by atoms with Gasteiger partial charge in [-0.1, -0.05) is 11.6 Å². The quantitative estimate of drug-likeness (QED) is 0.783. The molecule has 0 aromatic heterocycles. The normalized spacial score (nSPS) is 21.2. The van der Waals surface area contributed by atoms with Crippen molar-refractivity contribution in [1.29, 1.82) is 0 Å². The first-order valence-corrected chi connectivity index (χ1v) is 6.84. The molecule has 2 N–H and O–H groups in total. The Hall–Kier alpha value is -1.55. The Kier molecular flexibility index (Phi) is 4.10. The number of anilines is 1. The Morgan fingerprint density at radius 1 is 1.37 bits per heavy atom. The molecular weight excluding hydrogens is 238 g/mol. The van der Waals surface area contributed by atoms with Gasteiger partial charge in [-0.05, 0) is 46.0 Å². The number of benzene rings is 1. The van der Waals surface area contributed by atoms with Gasteiger partial charge >= 0.3 is 0 Å². The van der Waals surface area contributed by atoms with Gasteiger partial charge in [0.2, 0.25) is 0 Å². The highest BCUT2D eigenvalue weighted by Gasteiger charge is 2.25. The Balaban J connectivity index is 2.25. The third kappa shape index (κ3) is 3.07. The minimum atomic E-state index is 0.0593. The van der Waals surface area contributed by atoms with E-state index in [-0.39, 0.29) is 11.9 Å². The summed E-state index contributed by atoms with van der Waals surface area (Å²) in [6, 6.07) is 5.86. The summed E-state index contributed by atoms with van der Waals surface area (Å²) in [6.45, 7) is 6.84. The topological polar surface area (TPSA) is 49.6 Å². The van der Waals surface area contributed by atoms with Crippen molar-refractivity contribution in [3.63, 3.8) is 0 Å². The lowest BCUT2D eigenvalue weighted by Gasteiger charge is -2.28. The van der Waals surface area contributed by atoms with Crippen molar-refractivity contribution in [3.05, 3.63) is 29.3 Å². The fraction of sp³-hybridized carbons (Fsp3) is 0.533. The summed E-state index contributed by atoms with van der Waals surface area (Å²) in [4.78, 5) is 16.9. The molecule has 1 aromatic rings. The largest absolute Gasteiger partial charge is 0.398 e. The Morgan fingerprint density at radius 2 is 2.11 bits per heavy atom. The van der Waals surface area contributed by atoms with Crippen LogP contribution in [-0.2, 0) is 0 Å². The predicted molar refractivity (Wildman–Crippen MR) is 78.2 cm³/mol. The van der Waals surface area contributed by atoms with E-state index >= 15 is 0 Å². The molecule has 1 unspecified atom stereocenters. The van der Waals surface area contributed by atoms with E-state index in [1.807, 2.05) is 30.0 Å². The fourth-order valence-electron chi connectivity index (χ4n) is 2.68. The van der Waals surface area contributed by atoms with E-state index < -0.39 is 0 Å². The molecule has 19 heavy (non-hydrogen) atoms. The number of nitrogen functional groups attached to an aromatic ring is 1. The molecule has 104 valence electrons. The maximum absolute atomic E-state index is 12.7. The van der Waals surface area contributed by atoms with Crippen LogP contribution in [0.15, 0.2) is 18.2 Å². The van der Waals surface area contributed by atoms with Gasteiger partial charge in [-0.15, -0.1) is 0 Å². The molecule has 1 aliphatic rings. The van der Waals surface area contributed by atoms with E-state index in [1.54, 1.807) is 0 Å². The van der Waals surface area contributed by atoms with Gasteiger partial charge in [0.1, 0.15) is 0 Å². The lowest BCUT2D eigenvalue weighted by molar-refractivity contribution is 0.0697. The second-order valence-corrected chi connectivity index (χ2v) is 5.55. The molecule has 0 saturated carbocycles. The monoisotopic (exact) mass is 261 g/mol. The van der Waals surface area contributed by atoms with Crippen molar-refractivity contribution in [2.45, 2.75) is 26.3 Å². The molecule has 4 nitrogen and oxygen atoms in total. The van der Waals surface area contributed by atoms with Gasteiger partial charge in [0.05, 0.1) is 5.56 Å². The molecule has 0 aliphatic carbocycles. The number of hydrogen-bond donors (Lipinski definition) is 1. The zero-order valence-electron chi connectivity index (χ0n) is 12.0. The number of likely N-dealkylation sites (N-methyl/N-ethyl adjacent to an activating group) is 1. The summed E-state index contributed by atoms with van der Waals surface area (Å²) in [7, 11) is 2.10. The highest BCUT2D eigenvalue weighted by atomic mass is 16.2. The van der Waals surface area contributed by atoms with Crippen LogP contribution < -0.4 is 5.73 Å². The van der Waals surface area contributed by atoms with Gasteiger partial charge in [-0.25, -0.2) is 0 Å². The molecule has 1 saturated heterocycles. The number of carbonyl (C=O) groups excluding carboxylic acids is 1. The van der Waals surface area contributed by atoms with Crippen molar-refractivity contribution in [3.8, 4) is 0 Å². The minimum Gasteiger partial charge on any atom is -0.398 e. The maximum Gasteiger partial charge on any atom is 0.256 e. The van der Waals surface area contributed by atoms with E-state index in [9.17, 15) is 4.79 Å². The van der Waals surface area contributed by atoms with Crippen LogP contribution in [0.25, 0.3) is 0 Å². The van der Waals surface area contributed by atoms with Crippen LogP contribution in [0.5, 0.6) is 0 Å². The van der Waals surface area contributed by atoms with Crippen molar-refractivity contribution < 1.29 is 4.79 Å². The summed E-state index contributed by atoms with van der Waals surface area (Å²) in [5, 5.41) is 0. The molecule has 0 spiro atoms. The average Bonchev–Trinajstić information content (AvgIpc) is 2.52. The number of amides is 1. The van der Waals surface area contributed by atoms with Gasteiger partial charge in [-0.3, -0.25) is 4.79 Å². The highest BCUT2D eigenvalue weighted by Crippen LogP contribution is 2.19. The Morgan fingerprint density at radius 3 is 2.84 bits per heavy atom. The molecule has 4 heteroatoms. The van der Waals surface area contributed by atoms with E-state index in [4.69, 9.17) is 5.73 Å². The SMILES string of the molecule is Cc1ccc(N)c(C(=O)N2CCCN(C)CC2C)c1. The molecule has 1 aliphatic heterocycles. The van der Waals surface area contributed by atoms with Crippen LogP contribution in [-0.4, -0.2) is 48.4 Å². The Labute approximate surface area is 115 Å². The number of aryl methyl sites for hydroxylation is 1.